The van der Waals surface area contributed by atoms with Crippen LogP contribution in [-0.4, -0.2) is 46.7 Å². The Morgan fingerprint density at radius 3 is 2.41 bits per heavy atom. The second-order valence-electron chi connectivity index (χ2n) is 5.41. The van der Waals surface area contributed by atoms with Crippen molar-refractivity contribution in [2.24, 2.45) is 0 Å². The number of halogens is 1. The van der Waals surface area contributed by atoms with Crippen LogP contribution in [0.2, 0.25) is 5.02 Å². The summed E-state index contributed by atoms with van der Waals surface area (Å²) in [6, 6.07) is 7.09. The summed E-state index contributed by atoms with van der Waals surface area (Å²) in [5.41, 5.74) is 0.777. The van der Waals surface area contributed by atoms with Crippen LogP contribution < -0.4 is 0 Å². The third-order valence-corrected chi connectivity index (χ3v) is 4.28. The lowest BCUT2D eigenvalue weighted by molar-refractivity contribution is -0.149. The first-order valence-corrected chi connectivity index (χ1v) is 7.50. The maximum absolute atomic E-state index is 12.0. The summed E-state index contributed by atoms with van der Waals surface area (Å²) in [5, 5.41) is 0.585. The van der Waals surface area contributed by atoms with Crippen molar-refractivity contribution in [2.45, 2.75) is 18.9 Å². The molecule has 0 aromatic heterocycles. The fourth-order valence-corrected chi connectivity index (χ4v) is 2.88. The molecule has 2 aliphatic heterocycles. The van der Waals surface area contributed by atoms with Crippen LogP contribution in [0, 0.1) is 0 Å². The minimum atomic E-state index is -0.167. The van der Waals surface area contributed by atoms with E-state index in [2.05, 4.69) is 0 Å². The fourth-order valence-electron chi connectivity index (χ4n) is 2.68. The van der Waals surface area contributed by atoms with E-state index in [4.69, 9.17) is 11.6 Å². The highest BCUT2D eigenvalue weighted by Gasteiger charge is 2.42. The molecule has 2 heterocycles. The summed E-state index contributed by atoms with van der Waals surface area (Å²) in [6.45, 7) is 0.812. The zero-order valence-electron chi connectivity index (χ0n) is 11.9. The third kappa shape index (κ3) is 2.76. The van der Waals surface area contributed by atoms with Crippen molar-refractivity contribution in [1.29, 1.82) is 0 Å². The van der Waals surface area contributed by atoms with Gasteiger partial charge in [-0.1, -0.05) is 29.8 Å². The van der Waals surface area contributed by atoms with Crippen LogP contribution in [-0.2, 0) is 14.4 Å². The van der Waals surface area contributed by atoms with Gasteiger partial charge in [0.05, 0.1) is 6.04 Å². The number of imide groups is 1. The fraction of sp³-hybridized carbons (Fsp3) is 0.312. The van der Waals surface area contributed by atoms with Crippen LogP contribution in [0.3, 0.4) is 0 Å². The molecule has 3 amide bonds. The average molecular weight is 319 g/mol. The minimum absolute atomic E-state index is 0.131. The lowest BCUT2D eigenvalue weighted by Gasteiger charge is -2.42. The van der Waals surface area contributed by atoms with Crippen LogP contribution in [0.15, 0.2) is 30.3 Å². The van der Waals surface area contributed by atoms with Crippen LogP contribution in [0.1, 0.15) is 18.4 Å². The molecule has 0 N–H and O–H groups in total. The molecule has 0 spiro atoms. The van der Waals surface area contributed by atoms with Crippen LogP contribution in [0.5, 0.6) is 0 Å². The molecule has 0 radical (unpaired) electrons. The maximum Gasteiger partial charge on any atom is 0.246 e. The van der Waals surface area contributed by atoms with Gasteiger partial charge in [-0.2, -0.15) is 0 Å². The summed E-state index contributed by atoms with van der Waals surface area (Å²) in [7, 11) is 0. The molecule has 0 bridgehead atoms. The molecule has 6 heteroatoms. The highest BCUT2D eigenvalue weighted by molar-refractivity contribution is 6.32. The average Bonchev–Trinajstić information content (AvgIpc) is 2.77. The molecule has 2 saturated heterocycles. The Labute approximate surface area is 133 Å². The first-order chi connectivity index (χ1) is 10.6. The zero-order chi connectivity index (χ0) is 15.7. The maximum atomic E-state index is 12.0. The molecule has 3 rings (SSSR count). The number of carbonyl (C=O) groups is 3. The van der Waals surface area contributed by atoms with Gasteiger partial charge in [-0.15, -0.1) is 0 Å². The van der Waals surface area contributed by atoms with Crippen molar-refractivity contribution < 1.29 is 14.4 Å². The van der Waals surface area contributed by atoms with Gasteiger partial charge in [-0.25, -0.2) is 0 Å². The Hall–Kier alpha value is -2.14. The predicted molar refractivity (Wildman–Crippen MR) is 81.9 cm³/mol. The monoisotopic (exact) mass is 318 g/mol. The topological polar surface area (TPSA) is 57.7 Å². The Morgan fingerprint density at radius 2 is 1.77 bits per heavy atom. The van der Waals surface area contributed by atoms with Crippen molar-refractivity contribution in [1.82, 2.24) is 9.80 Å². The standard InChI is InChI=1S/C16H15ClN2O3/c17-13-4-2-1-3-11(13)5-6-14(20)18-9-12(10-18)19-15(21)7-8-16(19)22/h1-6,12H,7-10H2. The molecule has 114 valence electrons. The third-order valence-electron chi connectivity index (χ3n) is 3.94. The van der Waals surface area contributed by atoms with Crippen LogP contribution >= 0.6 is 11.6 Å². The molecule has 1 aromatic carbocycles. The van der Waals surface area contributed by atoms with Crippen LogP contribution in [0.25, 0.3) is 6.08 Å². The second kappa shape index (κ2) is 5.93. The van der Waals surface area contributed by atoms with Gasteiger partial charge in [0.15, 0.2) is 0 Å². The molecule has 2 aliphatic rings. The van der Waals surface area contributed by atoms with E-state index in [0.717, 1.165) is 5.56 Å². The van der Waals surface area contributed by atoms with Crippen LogP contribution in [0.4, 0.5) is 0 Å². The SMILES string of the molecule is O=C(C=Cc1ccccc1Cl)N1CC(N2C(=O)CCC2=O)C1. The van der Waals surface area contributed by atoms with Gasteiger partial charge in [0, 0.05) is 37.0 Å². The van der Waals surface area contributed by atoms with Gasteiger partial charge in [0.2, 0.25) is 17.7 Å². The summed E-state index contributed by atoms with van der Waals surface area (Å²) in [4.78, 5) is 38.2. The first-order valence-electron chi connectivity index (χ1n) is 7.12. The summed E-state index contributed by atoms with van der Waals surface area (Å²) >= 11 is 6.02. The number of rotatable bonds is 3. The quantitative estimate of drug-likeness (QED) is 0.630. The lowest BCUT2D eigenvalue weighted by Crippen LogP contribution is -2.61. The first kappa shape index (κ1) is 14.8. The van der Waals surface area contributed by atoms with Crippen molar-refractivity contribution in [3.05, 3.63) is 40.9 Å². The highest BCUT2D eigenvalue weighted by Crippen LogP contribution is 2.23. The molecule has 22 heavy (non-hydrogen) atoms. The molecule has 2 fully saturated rings. The van der Waals surface area contributed by atoms with E-state index in [-0.39, 0.29) is 36.6 Å². The van der Waals surface area contributed by atoms with E-state index in [1.165, 1.54) is 11.0 Å². The lowest BCUT2D eigenvalue weighted by atomic mass is 10.1. The number of amides is 3. The Morgan fingerprint density at radius 1 is 1.14 bits per heavy atom. The van der Waals surface area contributed by atoms with E-state index in [1.807, 2.05) is 18.2 Å². The highest BCUT2D eigenvalue weighted by atomic mass is 35.5. The number of hydrogen-bond acceptors (Lipinski definition) is 3. The number of nitrogens with zero attached hydrogens (tertiary/aromatic N) is 2. The predicted octanol–water partition coefficient (Wildman–Crippen LogP) is 1.71. The molecular weight excluding hydrogens is 304 g/mol. The molecule has 1 aromatic rings. The van der Waals surface area contributed by atoms with Gasteiger partial charge >= 0.3 is 0 Å². The Bertz CT molecular complexity index is 649. The molecule has 0 saturated carbocycles. The van der Waals surface area contributed by atoms with E-state index in [0.29, 0.717) is 18.1 Å². The van der Waals surface area contributed by atoms with Gasteiger partial charge in [0.1, 0.15) is 0 Å². The number of benzene rings is 1. The van der Waals surface area contributed by atoms with Gasteiger partial charge in [-0.3, -0.25) is 19.3 Å². The van der Waals surface area contributed by atoms with Gasteiger partial charge < -0.3 is 4.90 Å². The molecule has 0 unspecified atom stereocenters. The van der Waals surface area contributed by atoms with Gasteiger partial charge in [0.25, 0.3) is 0 Å². The van der Waals surface area contributed by atoms with Crippen molar-refractivity contribution in [2.75, 3.05) is 13.1 Å². The van der Waals surface area contributed by atoms with Crippen molar-refractivity contribution >= 4 is 35.4 Å². The normalized spacial score (nSPS) is 19.1. The second-order valence-corrected chi connectivity index (χ2v) is 5.82. The largest absolute Gasteiger partial charge is 0.335 e. The number of carbonyl (C=O) groups excluding carboxylic acids is 3. The smallest absolute Gasteiger partial charge is 0.246 e. The van der Waals surface area contributed by atoms with Crippen molar-refractivity contribution in [3.8, 4) is 0 Å². The van der Waals surface area contributed by atoms with Crippen molar-refractivity contribution in [3.63, 3.8) is 0 Å². The Kier molecular flexibility index (Phi) is 3.98. The zero-order valence-corrected chi connectivity index (χ0v) is 12.6. The number of likely N-dealkylation sites (tertiary alicyclic amines) is 2. The van der Waals surface area contributed by atoms with E-state index in [9.17, 15) is 14.4 Å². The summed E-state index contributed by atoms with van der Waals surface area (Å²) in [5.74, 6) is -0.405. The van der Waals surface area contributed by atoms with E-state index in [1.54, 1.807) is 17.0 Å². The molecule has 0 aliphatic carbocycles. The molecule has 0 atom stereocenters. The van der Waals surface area contributed by atoms with E-state index < -0.39 is 0 Å². The Balaban J connectivity index is 1.57. The minimum Gasteiger partial charge on any atom is -0.335 e. The molecular formula is C16H15ClN2O3. The molecule has 5 nitrogen and oxygen atoms in total. The van der Waals surface area contributed by atoms with Gasteiger partial charge in [-0.05, 0) is 17.7 Å². The summed E-state index contributed by atoms with van der Waals surface area (Å²) in [6.07, 6.45) is 3.71. The summed E-state index contributed by atoms with van der Waals surface area (Å²) < 4.78 is 0. The number of hydrogen-bond donors (Lipinski definition) is 0. The van der Waals surface area contributed by atoms with E-state index >= 15 is 0 Å².